The summed E-state index contributed by atoms with van der Waals surface area (Å²) in [4.78, 5) is 2.49. The highest BCUT2D eigenvalue weighted by Crippen LogP contribution is 2.24. The first-order chi connectivity index (χ1) is 9.74. The molecule has 0 spiro atoms. The zero-order valence-corrected chi connectivity index (χ0v) is 12.2. The minimum Gasteiger partial charge on any atom is -0.492 e. The monoisotopic (exact) mass is 270 g/mol. The summed E-state index contributed by atoms with van der Waals surface area (Å²) in [6.45, 7) is 8.26. The summed E-state index contributed by atoms with van der Waals surface area (Å²) in [5.74, 6) is 0.962. The van der Waals surface area contributed by atoms with Crippen molar-refractivity contribution in [3.63, 3.8) is 0 Å². The molecular weight excluding hydrogens is 248 g/mol. The molecule has 0 radical (unpaired) electrons. The third-order valence-electron chi connectivity index (χ3n) is 4.14. The van der Waals surface area contributed by atoms with E-state index in [0.717, 1.165) is 32.0 Å². The van der Waals surface area contributed by atoms with Gasteiger partial charge in [0.1, 0.15) is 12.4 Å². The van der Waals surface area contributed by atoms with Crippen LogP contribution in [0.5, 0.6) is 5.75 Å². The fraction of sp³-hybridized carbons (Fsp3) is 0.412. The van der Waals surface area contributed by atoms with Crippen molar-refractivity contribution in [3.8, 4) is 5.75 Å². The van der Waals surface area contributed by atoms with Crippen LogP contribution < -0.4 is 4.74 Å². The molecule has 1 aliphatic rings. The van der Waals surface area contributed by atoms with Gasteiger partial charge in [-0.3, -0.25) is 4.90 Å². The lowest BCUT2D eigenvalue weighted by Gasteiger charge is -2.34. The molecule has 0 saturated heterocycles. The number of aromatic nitrogens is 1. The lowest BCUT2D eigenvalue weighted by Crippen LogP contribution is -2.38. The number of aryl methyl sites for hydroxylation is 1. The third kappa shape index (κ3) is 2.73. The van der Waals surface area contributed by atoms with Crippen molar-refractivity contribution >= 4 is 0 Å². The van der Waals surface area contributed by atoms with Crippen LogP contribution in [-0.4, -0.2) is 29.2 Å². The van der Waals surface area contributed by atoms with E-state index in [1.807, 2.05) is 12.1 Å². The second kappa shape index (κ2) is 5.71. The normalized spacial score (nSPS) is 18.8. The lowest BCUT2D eigenvalue weighted by molar-refractivity contribution is 0.139. The largest absolute Gasteiger partial charge is 0.492 e. The summed E-state index contributed by atoms with van der Waals surface area (Å²) in [5, 5.41) is 0. The van der Waals surface area contributed by atoms with Gasteiger partial charge in [0, 0.05) is 37.6 Å². The maximum Gasteiger partial charge on any atom is 0.119 e. The Morgan fingerprint density at radius 3 is 2.75 bits per heavy atom. The van der Waals surface area contributed by atoms with E-state index in [0.29, 0.717) is 6.04 Å². The first-order valence-electron chi connectivity index (χ1n) is 7.32. The second-order valence-electron chi connectivity index (χ2n) is 5.50. The zero-order chi connectivity index (χ0) is 13.9. The minimum absolute atomic E-state index is 0.473. The molecule has 3 nitrogen and oxygen atoms in total. The second-order valence-corrected chi connectivity index (χ2v) is 5.50. The van der Waals surface area contributed by atoms with Crippen molar-refractivity contribution in [2.24, 2.45) is 0 Å². The predicted octanol–water partition coefficient (Wildman–Crippen LogP) is 3.25. The van der Waals surface area contributed by atoms with Crippen molar-refractivity contribution in [3.05, 3.63) is 53.9 Å². The van der Waals surface area contributed by atoms with Gasteiger partial charge in [-0.1, -0.05) is 17.7 Å². The summed E-state index contributed by atoms with van der Waals surface area (Å²) >= 11 is 0. The molecule has 0 aliphatic carbocycles. The van der Waals surface area contributed by atoms with Crippen LogP contribution in [0.2, 0.25) is 0 Å². The molecule has 20 heavy (non-hydrogen) atoms. The molecule has 0 bridgehead atoms. The summed E-state index contributed by atoms with van der Waals surface area (Å²) in [6.07, 6.45) is 2.17. The van der Waals surface area contributed by atoms with E-state index in [1.54, 1.807) is 0 Å². The average molecular weight is 270 g/mol. The Labute approximate surface area is 120 Å². The average Bonchev–Trinajstić information content (AvgIpc) is 2.93. The van der Waals surface area contributed by atoms with Gasteiger partial charge in [-0.05, 0) is 38.1 Å². The lowest BCUT2D eigenvalue weighted by atomic mass is 10.1. The SMILES string of the molecule is Cc1ccc(OCCN2CCn3cccc3[C@@H]2C)cc1. The van der Waals surface area contributed by atoms with Gasteiger partial charge in [-0.25, -0.2) is 0 Å². The molecule has 0 amide bonds. The highest BCUT2D eigenvalue weighted by atomic mass is 16.5. The minimum atomic E-state index is 0.473. The Bertz CT molecular complexity index is 559. The highest BCUT2D eigenvalue weighted by molar-refractivity contribution is 5.26. The third-order valence-corrected chi connectivity index (χ3v) is 4.14. The predicted molar refractivity (Wildman–Crippen MR) is 81.1 cm³/mol. The van der Waals surface area contributed by atoms with E-state index in [9.17, 15) is 0 Å². The summed E-state index contributed by atoms with van der Waals surface area (Å²) < 4.78 is 8.18. The van der Waals surface area contributed by atoms with Crippen LogP contribution in [-0.2, 0) is 6.54 Å². The number of ether oxygens (including phenoxy) is 1. The summed E-state index contributed by atoms with van der Waals surface area (Å²) in [6, 6.07) is 13.1. The highest BCUT2D eigenvalue weighted by Gasteiger charge is 2.22. The van der Waals surface area contributed by atoms with Crippen LogP contribution >= 0.6 is 0 Å². The van der Waals surface area contributed by atoms with Crippen LogP contribution in [0.4, 0.5) is 0 Å². The topological polar surface area (TPSA) is 17.4 Å². The fourth-order valence-corrected chi connectivity index (χ4v) is 2.85. The van der Waals surface area contributed by atoms with Gasteiger partial charge in [0.15, 0.2) is 0 Å². The van der Waals surface area contributed by atoms with Crippen LogP contribution in [0.1, 0.15) is 24.2 Å². The van der Waals surface area contributed by atoms with Gasteiger partial charge in [0.25, 0.3) is 0 Å². The molecule has 106 valence electrons. The first-order valence-corrected chi connectivity index (χ1v) is 7.32. The maximum absolute atomic E-state index is 5.83. The Morgan fingerprint density at radius 1 is 1.15 bits per heavy atom. The Morgan fingerprint density at radius 2 is 1.95 bits per heavy atom. The van der Waals surface area contributed by atoms with Gasteiger partial charge in [0.2, 0.25) is 0 Å². The van der Waals surface area contributed by atoms with Crippen molar-refractivity contribution in [2.45, 2.75) is 26.4 Å². The van der Waals surface area contributed by atoms with Crippen molar-refractivity contribution in [1.29, 1.82) is 0 Å². The van der Waals surface area contributed by atoms with Crippen molar-refractivity contribution < 1.29 is 4.74 Å². The molecular formula is C17H22N2O. The molecule has 3 heteroatoms. The van der Waals surface area contributed by atoms with E-state index >= 15 is 0 Å². The smallest absolute Gasteiger partial charge is 0.119 e. The van der Waals surface area contributed by atoms with Gasteiger partial charge >= 0.3 is 0 Å². The Balaban J connectivity index is 1.53. The number of hydrogen-bond donors (Lipinski definition) is 0. The molecule has 0 unspecified atom stereocenters. The van der Waals surface area contributed by atoms with Crippen LogP contribution in [0.25, 0.3) is 0 Å². The number of benzene rings is 1. The van der Waals surface area contributed by atoms with Crippen LogP contribution in [0, 0.1) is 6.92 Å². The molecule has 1 aliphatic heterocycles. The Hall–Kier alpha value is -1.74. The van der Waals surface area contributed by atoms with E-state index in [1.165, 1.54) is 11.3 Å². The van der Waals surface area contributed by atoms with Gasteiger partial charge in [0.05, 0.1) is 0 Å². The molecule has 3 rings (SSSR count). The van der Waals surface area contributed by atoms with E-state index in [-0.39, 0.29) is 0 Å². The maximum atomic E-state index is 5.83. The first kappa shape index (κ1) is 13.3. The molecule has 2 heterocycles. The number of fused-ring (bicyclic) bond motifs is 1. The van der Waals surface area contributed by atoms with Crippen molar-refractivity contribution in [1.82, 2.24) is 9.47 Å². The molecule has 0 N–H and O–H groups in total. The Kier molecular flexibility index (Phi) is 3.79. The van der Waals surface area contributed by atoms with E-state index < -0.39 is 0 Å². The van der Waals surface area contributed by atoms with E-state index in [4.69, 9.17) is 4.74 Å². The summed E-state index contributed by atoms with van der Waals surface area (Å²) in [7, 11) is 0. The number of rotatable bonds is 4. The molecule has 0 fully saturated rings. The quantitative estimate of drug-likeness (QED) is 0.848. The molecule has 2 aromatic rings. The summed E-state index contributed by atoms with van der Waals surface area (Å²) in [5.41, 5.74) is 2.68. The van der Waals surface area contributed by atoms with Crippen molar-refractivity contribution in [2.75, 3.05) is 19.7 Å². The zero-order valence-electron chi connectivity index (χ0n) is 12.2. The van der Waals surface area contributed by atoms with Crippen LogP contribution in [0.3, 0.4) is 0 Å². The van der Waals surface area contributed by atoms with Gasteiger partial charge < -0.3 is 9.30 Å². The number of hydrogen-bond acceptors (Lipinski definition) is 2. The molecule has 1 aromatic heterocycles. The fourth-order valence-electron chi connectivity index (χ4n) is 2.85. The standard InChI is InChI=1S/C17H22N2O/c1-14-5-7-16(8-6-14)20-13-12-18-10-11-19-9-3-4-17(19)15(18)2/h3-9,15H,10-13H2,1-2H3/t15-/m0/s1. The van der Waals surface area contributed by atoms with Gasteiger partial charge in [-0.2, -0.15) is 0 Å². The molecule has 1 atom stereocenters. The molecule has 1 aromatic carbocycles. The van der Waals surface area contributed by atoms with Crippen LogP contribution in [0.15, 0.2) is 42.6 Å². The van der Waals surface area contributed by atoms with E-state index in [2.05, 4.69) is 53.8 Å². The number of nitrogens with zero attached hydrogens (tertiary/aromatic N) is 2. The van der Waals surface area contributed by atoms with Gasteiger partial charge in [-0.15, -0.1) is 0 Å². The molecule has 0 saturated carbocycles.